The number of halogens is 3. The average Bonchev–Trinajstić information content (AvgIpc) is 2.37. The van der Waals surface area contributed by atoms with Crippen molar-refractivity contribution in [3.05, 3.63) is 23.8 Å². The minimum absolute atomic E-state index is 0.572. The largest absolute Gasteiger partial charge is 0.411 e. The van der Waals surface area contributed by atoms with Gasteiger partial charge in [-0.15, -0.1) is 0 Å². The van der Waals surface area contributed by atoms with E-state index in [0.29, 0.717) is 5.69 Å². The van der Waals surface area contributed by atoms with Gasteiger partial charge in [0.1, 0.15) is 13.2 Å². The highest BCUT2D eigenvalue weighted by Gasteiger charge is 2.27. The van der Waals surface area contributed by atoms with Crippen molar-refractivity contribution in [1.29, 1.82) is 0 Å². The molecule has 1 aromatic carbocycles. The molecule has 20 heavy (non-hydrogen) atoms. The first-order valence-corrected chi connectivity index (χ1v) is 6.26. The number of amides is 1. The molecule has 0 unspecified atom stereocenters. The van der Waals surface area contributed by atoms with Crippen molar-refractivity contribution in [3.63, 3.8) is 0 Å². The minimum Gasteiger partial charge on any atom is -0.383 e. The van der Waals surface area contributed by atoms with Gasteiger partial charge in [0, 0.05) is 6.54 Å². The number of carbonyl (C=O) groups excluding carboxylic acids is 1. The molecule has 1 aromatic rings. The first-order valence-electron chi connectivity index (χ1n) is 6.26. The molecule has 4 nitrogen and oxygen atoms in total. The Kier molecular flexibility index (Phi) is 4.49. The number of rotatable bonds is 4. The Morgan fingerprint density at radius 3 is 2.95 bits per heavy atom. The molecule has 0 spiro atoms. The summed E-state index contributed by atoms with van der Waals surface area (Å²) >= 11 is 0. The van der Waals surface area contributed by atoms with Gasteiger partial charge in [0.15, 0.2) is 0 Å². The molecule has 1 aliphatic rings. The summed E-state index contributed by atoms with van der Waals surface area (Å²) in [5.41, 5.74) is 2.50. The normalized spacial score (nSPS) is 14.3. The molecule has 110 valence electrons. The molecule has 2 N–H and O–H groups in total. The molecule has 0 fully saturated rings. The van der Waals surface area contributed by atoms with Crippen LogP contribution in [0.2, 0.25) is 0 Å². The molecule has 0 bridgehead atoms. The predicted octanol–water partition coefficient (Wildman–Crippen LogP) is 2.56. The zero-order chi connectivity index (χ0) is 14.6. The van der Waals surface area contributed by atoms with Crippen molar-refractivity contribution in [1.82, 2.24) is 0 Å². The summed E-state index contributed by atoms with van der Waals surface area (Å²) in [6.07, 6.45) is -2.50. The molecule has 0 atom stereocenters. The van der Waals surface area contributed by atoms with E-state index in [0.717, 1.165) is 30.6 Å². The fraction of sp³-hybridized carbons (Fsp3) is 0.462. The van der Waals surface area contributed by atoms with E-state index in [4.69, 9.17) is 0 Å². The van der Waals surface area contributed by atoms with Crippen molar-refractivity contribution in [2.75, 3.05) is 30.4 Å². The molecule has 7 heteroatoms. The second-order valence-electron chi connectivity index (χ2n) is 4.53. The fourth-order valence-electron chi connectivity index (χ4n) is 2.06. The second kappa shape index (κ2) is 6.13. The van der Waals surface area contributed by atoms with Gasteiger partial charge >= 0.3 is 6.18 Å². The maximum absolute atomic E-state index is 11.9. The summed E-state index contributed by atoms with van der Waals surface area (Å²) in [5.74, 6) is -0.602. The van der Waals surface area contributed by atoms with Crippen LogP contribution in [0.4, 0.5) is 24.5 Å². The number of alkyl halides is 3. The summed E-state index contributed by atoms with van der Waals surface area (Å²) in [5, 5.41) is 5.74. The van der Waals surface area contributed by atoms with E-state index in [-0.39, 0.29) is 0 Å². The lowest BCUT2D eigenvalue weighted by atomic mass is 10.0. The predicted molar refractivity (Wildman–Crippen MR) is 68.8 cm³/mol. The Bertz CT molecular complexity index is 489. The van der Waals surface area contributed by atoms with E-state index in [2.05, 4.69) is 15.4 Å². The number of ether oxygens (including phenoxy) is 1. The Morgan fingerprint density at radius 1 is 1.40 bits per heavy atom. The lowest BCUT2D eigenvalue weighted by molar-refractivity contribution is -0.174. The topological polar surface area (TPSA) is 50.4 Å². The van der Waals surface area contributed by atoms with Crippen molar-refractivity contribution >= 4 is 17.3 Å². The monoisotopic (exact) mass is 288 g/mol. The van der Waals surface area contributed by atoms with Gasteiger partial charge in [0.2, 0.25) is 5.91 Å². The molecular weight excluding hydrogens is 273 g/mol. The quantitative estimate of drug-likeness (QED) is 0.895. The molecule has 0 aliphatic carbocycles. The van der Waals surface area contributed by atoms with Crippen LogP contribution in [0.3, 0.4) is 0 Å². The van der Waals surface area contributed by atoms with Crippen LogP contribution in [0.5, 0.6) is 0 Å². The number of hydrogen-bond donors (Lipinski definition) is 2. The number of para-hydroxylation sites is 1. The summed E-state index contributed by atoms with van der Waals surface area (Å²) in [6.45, 7) is -1.24. The lowest BCUT2D eigenvalue weighted by Crippen LogP contribution is -2.24. The van der Waals surface area contributed by atoms with Gasteiger partial charge in [-0.05, 0) is 24.5 Å². The van der Waals surface area contributed by atoms with Gasteiger partial charge in [-0.3, -0.25) is 4.79 Å². The van der Waals surface area contributed by atoms with Crippen LogP contribution in [0.25, 0.3) is 0 Å². The molecule has 0 saturated heterocycles. The number of carbonyl (C=O) groups is 1. The van der Waals surface area contributed by atoms with Crippen molar-refractivity contribution in [3.8, 4) is 0 Å². The molecule has 2 rings (SSSR count). The summed E-state index contributed by atoms with van der Waals surface area (Å²) < 4.78 is 40.0. The fourth-order valence-corrected chi connectivity index (χ4v) is 2.06. The van der Waals surface area contributed by atoms with Crippen LogP contribution >= 0.6 is 0 Å². The van der Waals surface area contributed by atoms with Crippen molar-refractivity contribution < 1.29 is 22.7 Å². The van der Waals surface area contributed by atoms with E-state index in [9.17, 15) is 18.0 Å². The maximum atomic E-state index is 11.9. The Balaban J connectivity index is 1.91. The summed E-state index contributed by atoms with van der Waals surface area (Å²) in [4.78, 5) is 11.6. The van der Waals surface area contributed by atoms with Gasteiger partial charge < -0.3 is 15.4 Å². The molecule has 1 heterocycles. The van der Waals surface area contributed by atoms with Crippen LogP contribution in [-0.2, 0) is 16.0 Å². The Morgan fingerprint density at radius 2 is 2.20 bits per heavy atom. The van der Waals surface area contributed by atoms with Crippen LogP contribution in [0.1, 0.15) is 12.0 Å². The smallest absolute Gasteiger partial charge is 0.383 e. The average molecular weight is 288 g/mol. The molecule has 1 aliphatic heterocycles. The van der Waals surface area contributed by atoms with Crippen molar-refractivity contribution in [2.24, 2.45) is 0 Å². The van der Waals surface area contributed by atoms with E-state index in [1.165, 1.54) is 0 Å². The van der Waals surface area contributed by atoms with Crippen LogP contribution < -0.4 is 10.6 Å². The molecular formula is C13H15F3N2O2. The number of benzene rings is 1. The van der Waals surface area contributed by atoms with E-state index in [1.807, 2.05) is 6.07 Å². The van der Waals surface area contributed by atoms with Gasteiger partial charge in [-0.25, -0.2) is 0 Å². The zero-order valence-electron chi connectivity index (χ0n) is 10.7. The Hall–Kier alpha value is -1.76. The number of hydrogen-bond acceptors (Lipinski definition) is 3. The number of fused-ring (bicyclic) bond motifs is 1. The first-order chi connectivity index (χ1) is 9.46. The van der Waals surface area contributed by atoms with E-state index >= 15 is 0 Å². The summed E-state index contributed by atoms with van der Waals surface area (Å²) in [7, 11) is 0. The van der Waals surface area contributed by atoms with Crippen LogP contribution in [0, 0.1) is 0 Å². The number of aryl methyl sites for hydroxylation is 1. The van der Waals surface area contributed by atoms with Crippen molar-refractivity contribution in [2.45, 2.75) is 19.0 Å². The highest BCUT2D eigenvalue weighted by atomic mass is 19.4. The number of nitrogens with one attached hydrogen (secondary N) is 2. The molecule has 1 amide bonds. The molecule has 0 saturated carbocycles. The first kappa shape index (κ1) is 14.6. The van der Waals surface area contributed by atoms with E-state index < -0.39 is 25.3 Å². The third-order valence-corrected chi connectivity index (χ3v) is 2.85. The lowest BCUT2D eigenvalue weighted by Gasteiger charge is -2.21. The SMILES string of the molecule is O=C(COCC(F)(F)F)Nc1cccc2c1NCCC2. The highest BCUT2D eigenvalue weighted by Crippen LogP contribution is 2.29. The second-order valence-corrected chi connectivity index (χ2v) is 4.53. The number of anilines is 2. The third kappa shape index (κ3) is 4.12. The molecule has 0 aromatic heterocycles. The van der Waals surface area contributed by atoms with Gasteiger partial charge in [0.05, 0.1) is 11.4 Å². The molecule has 0 radical (unpaired) electrons. The van der Waals surface area contributed by atoms with E-state index in [1.54, 1.807) is 12.1 Å². The van der Waals surface area contributed by atoms with Crippen LogP contribution in [-0.4, -0.2) is 31.8 Å². The zero-order valence-corrected chi connectivity index (χ0v) is 10.7. The summed E-state index contributed by atoms with van der Waals surface area (Å²) in [6, 6.07) is 5.47. The third-order valence-electron chi connectivity index (χ3n) is 2.85. The van der Waals surface area contributed by atoms with Gasteiger partial charge in [-0.2, -0.15) is 13.2 Å². The highest BCUT2D eigenvalue weighted by molar-refractivity contribution is 5.95. The maximum Gasteiger partial charge on any atom is 0.411 e. The van der Waals surface area contributed by atoms with Crippen LogP contribution in [0.15, 0.2) is 18.2 Å². The van der Waals surface area contributed by atoms with Gasteiger partial charge in [-0.1, -0.05) is 12.1 Å². The minimum atomic E-state index is -4.42. The standard InChI is InChI=1S/C13H15F3N2O2/c14-13(15,16)8-20-7-11(19)18-10-5-1-3-9-4-2-6-17-12(9)10/h1,3,5,17H,2,4,6-8H2,(H,18,19). The van der Waals surface area contributed by atoms with Gasteiger partial charge in [0.25, 0.3) is 0 Å². The Labute approximate surface area is 114 Å².